The fourth-order valence-corrected chi connectivity index (χ4v) is 4.96. The highest BCUT2D eigenvalue weighted by Gasteiger charge is 2.36. The van der Waals surface area contributed by atoms with Gasteiger partial charge in [-0.2, -0.15) is 0 Å². The standard InChI is InChI=1S/C23H22ClN3O/c24-19-6-4-17(5-7-19)21-8-9-22(28)27-13-16-11-18(23(21)27)14-26(12-16)15-20-3-1-2-10-25-20/h1-10,16,18H,11-15H2/t16-,18-/m1/s1. The van der Waals surface area contributed by atoms with Crippen LogP contribution in [0.3, 0.4) is 0 Å². The van der Waals surface area contributed by atoms with Crippen LogP contribution >= 0.6 is 11.6 Å². The molecule has 0 radical (unpaired) electrons. The molecule has 4 nitrogen and oxygen atoms in total. The molecule has 0 saturated carbocycles. The summed E-state index contributed by atoms with van der Waals surface area (Å²) in [7, 11) is 0. The van der Waals surface area contributed by atoms with Crippen molar-refractivity contribution in [1.29, 1.82) is 0 Å². The molecule has 2 aromatic heterocycles. The van der Waals surface area contributed by atoms with Gasteiger partial charge in [0.15, 0.2) is 0 Å². The molecule has 5 heteroatoms. The van der Waals surface area contributed by atoms with Crippen molar-refractivity contribution in [2.24, 2.45) is 5.92 Å². The minimum absolute atomic E-state index is 0.112. The summed E-state index contributed by atoms with van der Waals surface area (Å²) in [5, 5.41) is 0.727. The SMILES string of the molecule is O=c1ccc(-c2ccc(Cl)cc2)c2n1C[C@@H]1C[C@@H]2CN(Cc2ccccn2)C1. The minimum Gasteiger partial charge on any atom is -0.311 e. The van der Waals surface area contributed by atoms with E-state index in [0.717, 1.165) is 54.4 Å². The Balaban J connectivity index is 1.51. The number of benzene rings is 1. The van der Waals surface area contributed by atoms with E-state index in [2.05, 4.69) is 16.0 Å². The molecule has 0 unspecified atom stereocenters. The summed E-state index contributed by atoms with van der Waals surface area (Å²) in [4.78, 5) is 19.6. The lowest BCUT2D eigenvalue weighted by molar-refractivity contribution is 0.113. The molecule has 5 rings (SSSR count). The number of rotatable bonds is 3. The molecule has 28 heavy (non-hydrogen) atoms. The Hall–Kier alpha value is -2.43. The van der Waals surface area contributed by atoms with Crippen molar-refractivity contribution in [3.63, 3.8) is 0 Å². The highest BCUT2D eigenvalue weighted by atomic mass is 35.5. The highest BCUT2D eigenvalue weighted by molar-refractivity contribution is 6.30. The Morgan fingerprint density at radius 2 is 1.86 bits per heavy atom. The predicted molar refractivity (Wildman–Crippen MR) is 112 cm³/mol. The normalized spacial score (nSPS) is 21.3. The van der Waals surface area contributed by atoms with Crippen molar-refractivity contribution in [2.75, 3.05) is 13.1 Å². The third-order valence-electron chi connectivity index (χ3n) is 5.93. The van der Waals surface area contributed by atoms with E-state index in [-0.39, 0.29) is 5.56 Å². The van der Waals surface area contributed by atoms with E-state index in [1.54, 1.807) is 6.07 Å². The summed E-state index contributed by atoms with van der Waals surface area (Å²) >= 11 is 6.08. The van der Waals surface area contributed by atoms with E-state index in [1.165, 1.54) is 5.69 Å². The molecule has 2 aliphatic heterocycles. The van der Waals surface area contributed by atoms with Gasteiger partial charge in [0.25, 0.3) is 5.56 Å². The quantitative estimate of drug-likeness (QED) is 0.672. The molecule has 0 spiro atoms. The van der Waals surface area contributed by atoms with Crippen LogP contribution in [-0.4, -0.2) is 27.5 Å². The molecule has 1 aromatic carbocycles. The van der Waals surface area contributed by atoms with Gasteiger partial charge < -0.3 is 4.57 Å². The van der Waals surface area contributed by atoms with Gasteiger partial charge in [0, 0.05) is 60.6 Å². The first-order chi connectivity index (χ1) is 13.7. The van der Waals surface area contributed by atoms with Crippen molar-refractivity contribution in [2.45, 2.75) is 25.4 Å². The molecule has 2 aliphatic rings. The van der Waals surface area contributed by atoms with Crippen LogP contribution in [0.4, 0.5) is 0 Å². The largest absolute Gasteiger partial charge is 0.311 e. The maximum Gasteiger partial charge on any atom is 0.250 e. The first-order valence-corrected chi connectivity index (χ1v) is 10.2. The number of fused-ring (bicyclic) bond motifs is 4. The van der Waals surface area contributed by atoms with E-state index in [1.807, 2.05) is 53.2 Å². The lowest BCUT2D eigenvalue weighted by atomic mass is 9.80. The maximum atomic E-state index is 12.6. The lowest BCUT2D eigenvalue weighted by Gasteiger charge is -2.43. The van der Waals surface area contributed by atoms with E-state index < -0.39 is 0 Å². The van der Waals surface area contributed by atoms with Crippen molar-refractivity contribution < 1.29 is 0 Å². The summed E-state index contributed by atoms with van der Waals surface area (Å²) in [6.07, 6.45) is 3.00. The summed E-state index contributed by atoms with van der Waals surface area (Å²) in [6, 6.07) is 17.7. The van der Waals surface area contributed by atoms with E-state index in [4.69, 9.17) is 11.6 Å². The van der Waals surface area contributed by atoms with Gasteiger partial charge in [0.05, 0.1) is 5.69 Å². The maximum absolute atomic E-state index is 12.6. The van der Waals surface area contributed by atoms with Gasteiger partial charge in [-0.25, -0.2) is 0 Å². The van der Waals surface area contributed by atoms with Crippen LogP contribution in [0.25, 0.3) is 11.1 Å². The van der Waals surface area contributed by atoms with Gasteiger partial charge in [0.1, 0.15) is 0 Å². The molecule has 4 heterocycles. The first kappa shape index (κ1) is 17.7. The van der Waals surface area contributed by atoms with Gasteiger partial charge in [-0.05, 0) is 48.2 Å². The number of hydrogen-bond acceptors (Lipinski definition) is 3. The van der Waals surface area contributed by atoms with Gasteiger partial charge in [-0.3, -0.25) is 14.7 Å². The number of piperidine rings is 1. The Kier molecular flexibility index (Phi) is 4.53. The topological polar surface area (TPSA) is 38.1 Å². The number of aromatic nitrogens is 2. The molecular formula is C23H22ClN3O. The Bertz CT molecular complexity index is 1050. The molecule has 0 amide bonds. The third kappa shape index (κ3) is 3.27. The monoisotopic (exact) mass is 391 g/mol. The van der Waals surface area contributed by atoms with E-state index in [0.29, 0.717) is 11.8 Å². The average Bonchev–Trinajstić information content (AvgIpc) is 2.70. The van der Waals surface area contributed by atoms with Crippen LogP contribution in [0.1, 0.15) is 23.7 Å². The van der Waals surface area contributed by atoms with E-state index in [9.17, 15) is 4.79 Å². The van der Waals surface area contributed by atoms with Crippen molar-refractivity contribution >= 4 is 11.6 Å². The van der Waals surface area contributed by atoms with Gasteiger partial charge in [0.2, 0.25) is 0 Å². The first-order valence-electron chi connectivity index (χ1n) is 9.79. The average molecular weight is 392 g/mol. The fraction of sp³-hybridized carbons (Fsp3) is 0.304. The van der Waals surface area contributed by atoms with Crippen molar-refractivity contribution in [1.82, 2.24) is 14.5 Å². The number of pyridine rings is 2. The molecule has 1 fully saturated rings. The van der Waals surface area contributed by atoms with Crippen LogP contribution < -0.4 is 5.56 Å². The molecule has 142 valence electrons. The Morgan fingerprint density at radius 3 is 2.64 bits per heavy atom. The second-order valence-electron chi connectivity index (χ2n) is 7.90. The smallest absolute Gasteiger partial charge is 0.250 e. The molecule has 2 bridgehead atoms. The molecule has 1 saturated heterocycles. The Labute approximate surface area is 169 Å². The van der Waals surface area contributed by atoms with E-state index >= 15 is 0 Å². The summed E-state index contributed by atoms with van der Waals surface area (Å²) in [6.45, 7) is 3.63. The zero-order chi connectivity index (χ0) is 19.1. The van der Waals surface area contributed by atoms with Gasteiger partial charge in [-0.15, -0.1) is 0 Å². The van der Waals surface area contributed by atoms with Gasteiger partial charge >= 0.3 is 0 Å². The summed E-state index contributed by atoms with van der Waals surface area (Å²) in [5.41, 5.74) is 4.66. The van der Waals surface area contributed by atoms with Crippen LogP contribution in [-0.2, 0) is 13.1 Å². The minimum atomic E-state index is 0.112. The number of likely N-dealkylation sites (tertiary alicyclic amines) is 1. The number of halogens is 1. The second kappa shape index (κ2) is 7.19. The number of hydrogen-bond donors (Lipinski definition) is 0. The van der Waals surface area contributed by atoms with Crippen molar-refractivity contribution in [3.05, 3.63) is 87.6 Å². The molecule has 0 N–H and O–H groups in total. The van der Waals surface area contributed by atoms with Crippen LogP contribution in [0.15, 0.2) is 65.6 Å². The van der Waals surface area contributed by atoms with Gasteiger partial charge in [-0.1, -0.05) is 29.8 Å². The molecular weight excluding hydrogens is 370 g/mol. The predicted octanol–water partition coefficient (Wildman–Crippen LogP) is 4.18. The highest BCUT2D eigenvalue weighted by Crippen LogP contribution is 2.40. The zero-order valence-corrected chi connectivity index (χ0v) is 16.3. The fourth-order valence-electron chi connectivity index (χ4n) is 4.84. The zero-order valence-electron chi connectivity index (χ0n) is 15.6. The Morgan fingerprint density at radius 1 is 1.00 bits per heavy atom. The lowest BCUT2D eigenvalue weighted by Crippen LogP contribution is -2.47. The van der Waals surface area contributed by atoms with Crippen LogP contribution in [0.2, 0.25) is 5.02 Å². The second-order valence-corrected chi connectivity index (χ2v) is 8.34. The van der Waals surface area contributed by atoms with Crippen molar-refractivity contribution in [3.8, 4) is 11.1 Å². The van der Waals surface area contributed by atoms with Crippen LogP contribution in [0.5, 0.6) is 0 Å². The molecule has 0 aliphatic carbocycles. The molecule has 3 aromatic rings. The summed E-state index contributed by atoms with van der Waals surface area (Å²) < 4.78 is 2.01. The number of nitrogens with zero attached hydrogens (tertiary/aromatic N) is 3. The van der Waals surface area contributed by atoms with Crippen LogP contribution in [0, 0.1) is 5.92 Å². The summed E-state index contributed by atoms with van der Waals surface area (Å²) in [5.74, 6) is 0.865. The third-order valence-corrected chi connectivity index (χ3v) is 6.18. The molecule has 2 atom stereocenters.